The molecule has 3 aromatic rings. The third-order valence-corrected chi connectivity index (χ3v) is 5.89. The van der Waals surface area contributed by atoms with Crippen LogP contribution in [0, 0.1) is 0 Å². The van der Waals surface area contributed by atoms with Crippen molar-refractivity contribution in [3.05, 3.63) is 46.6 Å². The molecule has 162 valence electrons. The van der Waals surface area contributed by atoms with Crippen LogP contribution >= 0.6 is 35.3 Å². The van der Waals surface area contributed by atoms with Gasteiger partial charge in [0.15, 0.2) is 11.7 Å². The molecule has 1 fully saturated rings. The Balaban J connectivity index is 0.00000256. The molecule has 1 saturated heterocycles. The second kappa shape index (κ2) is 11.5. The molecule has 0 radical (unpaired) electrons. The van der Waals surface area contributed by atoms with Crippen LogP contribution in [0.1, 0.15) is 36.5 Å². The maximum atomic E-state index is 5.34. The number of guanidine groups is 1. The van der Waals surface area contributed by atoms with Gasteiger partial charge in [0.25, 0.3) is 0 Å². The Morgan fingerprint density at radius 2 is 2.17 bits per heavy atom. The average Bonchev–Trinajstić information content (AvgIpc) is 3.54. The Kier molecular flexibility index (Phi) is 8.70. The van der Waals surface area contributed by atoms with E-state index in [9.17, 15) is 0 Å². The number of furan rings is 1. The lowest BCUT2D eigenvalue weighted by molar-refractivity contribution is 0.249. The Bertz CT molecular complexity index is 888. The van der Waals surface area contributed by atoms with Crippen molar-refractivity contribution in [1.82, 2.24) is 30.7 Å². The van der Waals surface area contributed by atoms with Crippen molar-refractivity contribution in [2.45, 2.75) is 32.4 Å². The number of rotatable bonds is 8. The van der Waals surface area contributed by atoms with Crippen molar-refractivity contribution in [1.29, 1.82) is 0 Å². The number of halogens is 1. The van der Waals surface area contributed by atoms with Gasteiger partial charge in [0.1, 0.15) is 12.4 Å². The van der Waals surface area contributed by atoms with Crippen LogP contribution in [-0.2, 0) is 6.54 Å². The molecule has 0 saturated carbocycles. The fraction of sp³-hybridized carbons (Fsp3) is 0.450. The first-order valence-electron chi connectivity index (χ1n) is 10.1. The minimum atomic E-state index is 0. The molecule has 8 nitrogen and oxygen atoms in total. The third kappa shape index (κ3) is 5.82. The molecule has 10 heteroatoms. The van der Waals surface area contributed by atoms with E-state index in [4.69, 9.17) is 4.42 Å². The molecule has 3 N–H and O–H groups in total. The smallest absolute Gasteiger partial charge is 0.216 e. The van der Waals surface area contributed by atoms with Gasteiger partial charge in [-0.1, -0.05) is 6.07 Å². The summed E-state index contributed by atoms with van der Waals surface area (Å²) in [5.41, 5.74) is 0. The first-order valence-corrected chi connectivity index (χ1v) is 11.0. The summed E-state index contributed by atoms with van der Waals surface area (Å²) < 4.78 is 5.34. The number of aromatic nitrogens is 3. The van der Waals surface area contributed by atoms with E-state index in [2.05, 4.69) is 60.1 Å². The van der Waals surface area contributed by atoms with Crippen molar-refractivity contribution in [3.63, 3.8) is 0 Å². The van der Waals surface area contributed by atoms with E-state index in [0.717, 1.165) is 32.1 Å². The molecule has 0 spiro atoms. The number of nitrogens with one attached hydrogen (secondary N) is 3. The van der Waals surface area contributed by atoms with Gasteiger partial charge in [-0.05, 0) is 56.4 Å². The largest absolute Gasteiger partial charge is 0.461 e. The SMILES string of the molecule is CCNC(=NCc1nc(-c2ccco2)n[nH]1)NCC(c1cccs1)N1CCCC1.I. The number of hydrogen-bond acceptors (Lipinski definition) is 6. The topological polar surface area (TPSA) is 94.4 Å². The van der Waals surface area contributed by atoms with Gasteiger partial charge in [-0.25, -0.2) is 9.98 Å². The van der Waals surface area contributed by atoms with Gasteiger partial charge in [0.05, 0.1) is 12.3 Å². The summed E-state index contributed by atoms with van der Waals surface area (Å²) in [4.78, 5) is 13.1. The standard InChI is InChI=1S/C20H27N7OS.HI/c1-2-21-20(23-14-18-24-19(26-25-18)16-7-5-11-28-16)22-13-15(17-8-6-12-29-17)27-9-3-4-10-27;/h5-8,11-12,15H,2-4,9-10,13-14H2,1H3,(H2,21,22,23)(H,24,25,26);1H. The maximum absolute atomic E-state index is 5.34. The molecule has 1 aliphatic heterocycles. The molecule has 1 atom stereocenters. The van der Waals surface area contributed by atoms with E-state index >= 15 is 0 Å². The predicted octanol–water partition coefficient (Wildman–Crippen LogP) is 3.64. The van der Waals surface area contributed by atoms with Crippen LogP contribution in [0.4, 0.5) is 0 Å². The first kappa shape index (κ1) is 22.8. The zero-order valence-electron chi connectivity index (χ0n) is 17.0. The molecule has 4 rings (SSSR count). The summed E-state index contributed by atoms with van der Waals surface area (Å²) in [7, 11) is 0. The lowest BCUT2D eigenvalue weighted by Gasteiger charge is -2.27. The van der Waals surface area contributed by atoms with Crippen LogP contribution in [0.25, 0.3) is 11.6 Å². The van der Waals surface area contributed by atoms with E-state index in [1.54, 1.807) is 6.26 Å². The normalized spacial score (nSPS) is 15.7. The molecule has 1 aliphatic rings. The van der Waals surface area contributed by atoms with Crippen molar-refractivity contribution in [3.8, 4) is 11.6 Å². The highest BCUT2D eigenvalue weighted by molar-refractivity contribution is 14.0. The van der Waals surface area contributed by atoms with Crippen molar-refractivity contribution < 1.29 is 4.42 Å². The molecular formula is C20H28IN7OS. The van der Waals surface area contributed by atoms with Crippen LogP contribution in [0.5, 0.6) is 0 Å². The molecule has 0 amide bonds. The maximum Gasteiger partial charge on any atom is 0.216 e. The molecule has 30 heavy (non-hydrogen) atoms. The van der Waals surface area contributed by atoms with Gasteiger partial charge in [-0.3, -0.25) is 10.00 Å². The quantitative estimate of drug-likeness (QED) is 0.229. The molecule has 0 aromatic carbocycles. The second-order valence-electron chi connectivity index (χ2n) is 6.93. The third-order valence-electron chi connectivity index (χ3n) is 4.92. The highest BCUT2D eigenvalue weighted by Gasteiger charge is 2.24. The van der Waals surface area contributed by atoms with Gasteiger partial charge in [0, 0.05) is 18.0 Å². The summed E-state index contributed by atoms with van der Waals surface area (Å²) in [5.74, 6) is 2.67. The van der Waals surface area contributed by atoms with E-state index in [0.29, 0.717) is 30.0 Å². The fourth-order valence-electron chi connectivity index (χ4n) is 3.51. The van der Waals surface area contributed by atoms with E-state index in [1.807, 2.05) is 23.5 Å². The number of H-pyrrole nitrogens is 1. The Labute approximate surface area is 197 Å². The number of aliphatic imine (C=N–C) groups is 1. The molecule has 3 aromatic heterocycles. The zero-order valence-corrected chi connectivity index (χ0v) is 20.2. The lowest BCUT2D eigenvalue weighted by atomic mass is 10.2. The first-order chi connectivity index (χ1) is 14.3. The van der Waals surface area contributed by atoms with Crippen molar-refractivity contribution >= 4 is 41.3 Å². The summed E-state index contributed by atoms with van der Waals surface area (Å²) >= 11 is 1.82. The Morgan fingerprint density at radius 3 is 2.87 bits per heavy atom. The number of thiophene rings is 1. The van der Waals surface area contributed by atoms with E-state index in [-0.39, 0.29) is 24.0 Å². The highest BCUT2D eigenvalue weighted by atomic mass is 127. The number of aromatic amines is 1. The Morgan fingerprint density at radius 1 is 1.30 bits per heavy atom. The molecule has 0 bridgehead atoms. The van der Waals surface area contributed by atoms with Gasteiger partial charge in [-0.15, -0.1) is 40.4 Å². The Hall–Kier alpha value is -1.92. The molecule has 0 aliphatic carbocycles. The predicted molar refractivity (Wildman–Crippen MR) is 130 cm³/mol. The average molecular weight is 541 g/mol. The van der Waals surface area contributed by atoms with E-state index < -0.39 is 0 Å². The fourth-order valence-corrected chi connectivity index (χ4v) is 4.38. The van der Waals surface area contributed by atoms with Gasteiger partial charge < -0.3 is 15.1 Å². The number of hydrogen-bond donors (Lipinski definition) is 3. The molecular weight excluding hydrogens is 513 g/mol. The monoisotopic (exact) mass is 541 g/mol. The van der Waals surface area contributed by atoms with Crippen molar-refractivity contribution in [2.75, 3.05) is 26.2 Å². The molecule has 4 heterocycles. The van der Waals surface area contributed by atoms with Crippen LogP contribution in [0.3, 0.4) is 0 Å². The highest BCUT2D eigenvalue weighted by Crippen LogP contribution is 2.27. The van der Waals surface area contributed by atoms with E-state index in [1.165, 1.54) is 17.7 Å². The molecule has 1 unspecified atom stereocenters. The van der Waals surface area contributed by atoms with Gasteiger partial charge >= 0.3 is 0 Å². The van der Waals surface area contributed by atoms with Gasteiger partial charge in [0.2, 0.25) is 5.82 Å². The van der Waals surface area contributed by atoms with Crippen molar-refractivity contribution in [2.24, 2.45) is 4.99 Å². The summed E-state index contributed by atoms with van der Waals surface area (Å²) in [6.45, 7) is 6.42. The van der Waals surface area contributed by atoms with Crippen LogP contribution in [0.2, 0.25) is 0 Å². The summed E-state index contributed by atoms with van der Waals surface area (Å²) in [5, 5.41) is 16.1. The lowest BCUT2D eigenvalue weighted by Crippen LogP contribution is -2.42. The number of likely N-dealkylation sites (tertiary alicyclic amines) is 1. The zero-order chi connectivity index (χ0) is 19.9. The van der Waals surface area contributed by atoms with Crippen LogP contribution in [0.15, 0.2) is 45.3 Å². The van der Waals surface area contributed by atoms with Crippen LogP contribution < -0.4 is 10.6 Å². The summed E-state index contributed by atoms with van der Waals surface area (Å²) in [6, 6.07) is 8.39. The second-order valence-corrected chi connectivity index (χ2v) is 7.91. The summed E-state index contributed by atoms with van der Waals surface area (Å²) in [6.07, 6.45) is 4.17. The minimum Gasteiger partial charge on any atom is -0.461 e. The van der Waals surface area contributed by atoms with Crippen LogP contribution in [-0.4, -0.2) is 52.2 Å². The number of nitrogens with zero attached hydrogens (tertiary/aromatic N) is 4. The minimum absolute atomic E-state index is 0. The van der Waals surface area contributed by atoms with Gasteiger partial charge in [-0.2, -0.15) is 0 Å².